The Morgan fingerprint density at radius 1 is 0.907 bits per heavy atom. The number of aromatic nitrogens is 6. The van der Waals surface area contributed by atoms with Crippen LogP contribution in [-0.4, -0.2) is 51.2 Å². The Labute approximate surface area is 255 Å². The Morgan fingerprint density at radius 2 is 1.51 bits per heavy atom. The summed E-state index contributed by atoms with van der Waals surface area (Å²) in [7, 11) is -0.611. The largest absolute Gasteiger partial charge is 0.400 e. The summed E-state index contributed by atoms with van der Waals surface area (Å²) in [4.78, 5) is 0. The summed E-state index contributed by atoms with van der Waals surface area (Å²) in [5.41, 5.74) is -0.887. The van der Waals surface area contributed by atoms with Crippen molar-refractivity contribution in [3.05, 3.63) is 84.2 Å². The van der Waals surface area contributed by atoms with Crippen LogP contribution in [0.3, 0.4) is 0 Å². The smallest absolute Gasteiger partial charge is 0.261 e. The van der Waals surface area contributed by atoms with Crippen molar-refractivity contribution >= 4 is 18.7 Å². The highest BCUT2D eigenvalue weighted by atomic mass is 28.4. The van der Waals surface area contributed by atoms with Crippen LogP contribution in [0.15, 0.2) is 66.9 Å². The van der Waals surface area contributed by atoms with E-state index in [1.165, 1.54) is 10.4 Å². The van der Waals surface area contributed by atoms with E-state index < -0.39 is 14.0 Å². The lowest BCUT2D eigenvalue weighted by Gasteiger charge is -2.42. The Morgan fingerprint density at radius 3 is 2.09 bits per heavy atom. The Kier molecular flexibility index (Phi) is 8.36. The molecule has 1 saturated heterocycles. The molecule has 10 heteroatoms. The van der Waals surface area contributed by atoms with Gasteiger partial charge in [-0.15, -0.1) is 15.3 Å². The van der Waals surface area contributed by atoms with Gasteiger partial charge in [0.2, 0.25) is 0 Å². The lowest BCUT2D eigenvalue weighted by atomic mass is 9.85. The van der Waals surface area contributed by atoms with Gasteiger partial charge in [-0.05, 0) is 67.0 Å². The number of rotatable bonds is 8. The first-order valence-electron chi connectivity index (χ1n) is 15.7. The van der Waals surface area contributed by atoms with Crippen LogP contribution in [0.25, 0.3) is 0 Å². The van der Waals surface area contributed by atoms with Gasteiger partial charge in [0.1, 0.15) is 11.5 Å². The SMILES string of the molecule is Cn1c(CO[Si](c2ccccc2)(c2ccccc2)C(C)(C)C)nnc1[C@H]1CC[C@H](n2cc(C3(F)CCNCC3)nn2)CC1. The summed E-state index contributed by atoms with van der Waals surface area (Å²) < 4.78 is 26.6. The normalized spacial score (nSPS) is 21.1. The highest BCUT2D eigenvalue weighted by Gasteiger charge is 2.50. The molecule has 8 nitrogen and oxygen atoms in total. The monoisotopic (exact) mass is 601 g/mol. The molecule has 2 fully saturated rings. The second-order valence-electron chi connectivity index (χ2n) is 13.3. The van der Waals surface area contributed by atoms with E-state index in [4.69, 9.17) is 4.43 Å². The number of hydrogen-bond acceptors (Lipinski definition) is 6. The zero-order valence-corrected chi connectivity index (χ0v) is 26.8. The predicted octanol–water partition coefficient (Wildman–Crippen LogP) is 4.93. The third-order valence-corrected chi connectivity index (χ3v) is 14.6. The van der Waals surface area contributed by atoms with Crippen molar-refractivity contribution in [2.75, 3.05) is 13.1 Å². The highest BCUT2D eigenvalue weighted by molar-refractivity contribution is 6.99. The third kappa shape index (κ3) is 5.72. The van der Waals surface area contributed by atoms with Gasteiger partial charge in [-0.2, -0.15) is 0 Å². The molecule has 1 N–H and O–H groups in total. The quantitative estimate of drug-likeness (QED) is 0.289. The molecular weight excluding hydrogens is 557 g/mol. The molecule has 3 heterocycles. The standard InChI is InChI=1S/C33H44FN7OSi/c1-32(2,3)43(27-11-7-5-8-12-27,28-13-9-6-10-14-28)42-24-30-37-38-31(40(30)4)25-15-17-26(18-16-25)41-23-29(36-39-41)33(34)19-21-35-22-20-33/h5-14,23,25-26,35H,15-22,24H2,1-4H3/t25-,26-. The van der Waals surface area contributed by atoms with Crippen LogP contribution < -0.4 is 15.7 Å². The van der Waals surface area contributed by atoms with Crippen molar-refractivity contribution in [3.63, 3.8) is 0 Å². The molecule has 4 aromatic rings. The Hall–Kier alpha value is -3.21. The molecule has 2 aromatic carbocycles. The molecule has 43 heavy (non-hydrogen) atoms. The van der Waals surface area contributed by atoms with E-state index in [-0.39, 0.29) is 11.1 Å². The molecule has 2 aromatic heterocycles. The van der Waals surface area contributed by atoms with Gasteiger partial charge in [0.25, 0.3) is 8.32 Å². The van der Waals surface area contributed by atoms with Crippen LogP contribution in [0, 0.1) is 0 Å². The van der Waals surface area contributed by atoms with E-state index in [2.05, 4.69) is 119 Å². The first kappa shape index (κ1) is 29.8. The van der Waals surface area contributed by atoms with Gasteiger partial charge in [-0.1, -0.05) is 86.6 Å². The van der Waals surface area contributed by atoms with Gasteiger partial charge in [0.15, 0.2) is 11.5 Å². The van der Waals surface area contributed by atoms with Gasteiger partial charge in [-0.3, -0.25) is 0 Å². The number of piperidine rings is 1. The minimum atomic E-state index is -2.67. The Bertz CT molecular complexity index is 1450. The van der Waals surface area contributed by atoms with Gasteiger partial charge in [0, 0.05) is 13.0 Å². The van der Waals surface area contributed by atoms with Crippen molar-refractivity contribution in [1.29, 1.82) is 0 Å². The van der Waals surface area contributed by atoms with Crippen LogP contribution in [-0.2, 0) is 23.7 Å². The molecule has 0 radical (unpaired) electrons. The second kappa shape index (κ2) is 12.1. The molecule has 6 rings (SSSR count). The van der Waals surface area contributed by atoms with E-state index in [0.717, 1.165) is 37.3 Å². The average molecular weight is 602 g/mol. The molecular formula is C33H44FN7OSi. The number of benzene rings is 2. The van der Waals surface area contributed by atoms with E-state index >= 15 is 4.39 Å². The average Bonchev–Trinajstić information content (AvgIpc) is 3.66. The van der Waals surface area contributed by atoms with Crippen LogP contribution in [0.2, 0.25) is 5.04 Å². The van der Waals surface area contributed by atoms with Crippen molar-refractivity contribution in [2.24, 2.45) is 7.05 Å². The predicted molar refractivity (Wildman–Crippen MR) is 169 cm³/mol. The number of alkyl halides is 1. The lowest BCUT2D eigenvalue weighted by Crippen LogP contribution is -2.66. The number of hydrogen-bond donors (Lipinski definition) is 1. The summed E-state index contributed by atoms with van der Waals surface area (Å²) in [5.74, 6) is 2.17. The fourth-order valence-electron chi connectivity index (χ4n) is 7.13. The molecule has 2 aliphatic rings. The maximum atomic E-state index is 15.4. The van der Waals surface area contributed by atoms with E-state index in [1.54, 1.807) is 0 Å². The molecule has 228 valence electrons. The maximum Gasteiger partial charge on any atom is 0.261 e. The topological polar surface area (TPSA) is 82.7 Å². The van der Waals surface area contributed by atoms with Crippen molar-refractivity contribution in [1.82, 2.24) is 35.1 Å². The molecule has 0 atom stereocenters. The van der Waals surface area contributed by atoms with Crippen LogP contribution in [0.4, 0.5) is 4.39 Å². The number of halogens is 1. The number of nitrogens with zero attached hydrogens (tertiary/aromatic N) is 6. The molecule has 0 amide bonds. The van der Waals surface area contributed by atoms with Crippen molar-refractivity contribution < 1.29 is 8.82 Å². The molecule has 0 unspecified atom stereocenters. The molecule has 0 bridgehead atoms. The van der Waals surface area contributed by atoms with E-state index in [9.17, 15) is 0 Å². The zero-order chi connectivity index (χ0) is 30.1. The minimum Gasteiger partial charge on any atom is -0.400 e. The fraction of sp³-hybridized carbons (Fsp3) is 0.515. The summed E-state index contributed by atoms with van der Waals surface area (Å²) in [6.07, 6.45) is 6.61. The van der Waals surface area contributed by atoms with Gasteiger partial charge < -0.3 is 14.3 Å². The van der Waals surface area contributed by atoms with Crippen LogP contribution in [0.5, 0.6) is 0 Å². The Balaban J connectivity index is 1.16. The summed E-state index contributed by atoms with van der Waals surface area (Å²) in [5, 5.41) is 23.6. The van der Waals surface area contributed by atoms with Gasteiger partial charge in [0.05, 0.1) is 18.8 Å². The van der Waals surface area contributed by atoms with E-state index in [1.807, 2.05) is 10.9 Å². The second-order valence-corrected chi connectivity index (χ2v) is 17.6. The summed E-state index contributed by atoms with van der Waals surface area (Å²) >= 11 is 0. The zero-order valence-electron chi connectivity index (χ0n) is 25.8. The number of nitrogens with one attached hydrogen (secondary N) is 1. The maximum absolute atomic E-state index is 15.4. The molecule has 1 saturated carbocycles. The summed E-state index contributed by atoms with van der Waals surface area (Å²) in [6, 6.07) is 21.6. The first-order valence-corrected chi connectivity index (χ1v) is 17.6. The highest BCUT2D eigenvalue weighted by Crippen LogP contribution is 2.40. The molecule has 1 aliphatic heterocycles. The van der Waals surface area contributed by atoms with Gasteiger partial charge in [-0.25, -0.2) is 9.07 Å². The van der Waals surface area contributed by atoms with Crippen LogP contribution in [0.1, 0.15) is 88.6 Å². The van der Waals surface area contributed by atoms with Crippen molar-refractivity contribution in [3.8, 4) is 0 Å². The third-order valence-electron chi connectivity index (χ3n) is 9.63. The molecule has 1 aliphatic carbocycles. The molecule has 0 spiro atoms. The van der Waals surface area contributed by atoms with E-state index in [0.29, 0.717) is 44.1 Å². The first-order chi connectivity index (χ1) is 20.7. The fourth-order valence-corrected chi connectivity index (χ4v) is 11.6. The minimum absolute atomic E-state index is 0.105. The van der Waals surface area contributed by atoms with Gasteiger partial charge >= 0.3 is 0 Å². The van der Waals surface area contributed by atoms with Crippen molar-refractivity contribution in [2.45, 2.75) is 88.6 Å². The van der Waals surface area contributed by atoms with Crippen LogP contribution >= 0.6 is 0 Å². The summed E-state index contributed by atoms with van der Waals surface area (Å²) in [6.45, 7) is 8.62. The lowest BCUT2D eigenvalue weighted by molar-refractivity contribution is 0.110.